The van der Waals surface area contributed by atoms with Gasteiger partial charge in [0.05, 0.1) is 5.69 Å². The predicted octanol–water partition coefficient (Wildman–Crippen LogP) is 3.53. The van der Waals surface area contributed by atoms with E-state index in [1.54, 1.807) is 52.0 Å². The molecular weight excluding hydrogens is 242 g/mol. The Balaban J connectivity index is 3.11. The Hall–Kier alpha value is -2.10. The van der Waals surface area contributed by atoms with Gasteiger partial charge in [-0.05, 0) is 39.8 Å². The molecule has 4 heteroatoms. The van der Waals surface area contributed by atoms with Gasteiger partial charge in [0.15, 0.2) is 0 Å². The highest BCUT2D eigenvalue weighted by atomic mass is 16.6. The van der Waals surface area contributed by atoms with Gasteiger partial charge in [0.1, 0.15) is 5.60 Å². The number of anilines is 1. The monoisotopic (exact) mass is 261 g/mol. The van der Waals surface area contributed by atoms with Gasteiger partial charge in [0, 0.05) is 5.57 Å². The molecule has 0 aromatic heterocycles. The normalized spacial score (nSPS) is 10.7. The van der Waals surface area contributed by atoms with E-state index < -0.39 is 17.6 Å². The number of carbonyl (C=O) groups is 2. The van der Waals surface area contributed by atoms with Crippen LogP contribution in [0, 0.1) is 0 Å². The van der Waals surface area contributed by atoms with Gasteiger partial charge in [-0.2, -0.15) is 0 Å². The maximum absolute atomic E-state index is 12.1. The fourth-order valence-corrected chi connectivity index (χ4v) is 1.38. The number of amides is 2. The average Bonchev–Trinajstić information content (AvgIpc) is 2.28. The number of benzene rings is 1. The maximum atomic E-state index is 12.1. The lowest BCUT2D eigenvalue weighted by Crippen LogP contribution is -2.41. The van der Waals surface area contributed by atoms with Gasteiger partial charge in [-0.3, -0.25) is 4.79 Å². The molecular formula is C15H19NO3. The Kier molecular flexibility index (Phi) is 4.48. The summed E-state index contributed by atoms with van der Waals surface area (Å²) in [5.41, 5.74) is 0.0684. The summed E-state index contributed by atoms with van der Waals surface area (Å²) in [6.07, 6.45) is -0.702. The zero-order valence-corrected chi connectivity index (χ0v) is 11.8. The van der Waals surface area contributed by atoms with Crippen LogP contribution >= 0.6 is 0 Å². The van der Waals surface area contributed by atoms with E-state index in [1.807, 2.05) is 6.07 Å². The molecule has 19 heavy (non-hydrogen) atoms. The van der Waals surface area contributed by atoms with E-state index >= 15 is 0 Å². The van der Waals surface area contributed by atoms with E-state index in [-0.39, 0.29) is 5.57 Å². The van der Waals surface area contributed by atoms with Crippen LogP contribution in [0.5, 0.6) is 0 Å². The minimum Gasteiger partial charge on any atom is -0.443 e. The van der Waals surface area contributed by atoms with Crippen molar-refractivity contribution in [3.05, 3.63) is 42.5 Å². The Morgan fingerprint density at radius 3 is 2.11 bits per heavy atom. The third-order valence-corrected chi connectivity index (χ3v) is 2.16. The van der Waals surface area contributed by atoms with Crippen LogP contribution in [0.25, 0.3) is 0 Å². The van der Waals surface area contributed by atoms with Crippen LogP contribution in [-0.4, -0.2) is 17.6 Å². The largest absolute Gasteiger partial charge is 0.443 e. The highest BCUT2D eigenvalue weighted by Crippen LogP contribution is 2.19. The molecule has 2 amide bonds. The van der Waals surface area contributed by atoms with Gasteiger partial charge in [0.25, 0.3) is 5.91 Å². The number of para-hydroxylation sites is 1. The van der Waals surface area contributed by atoms with Crippen LogP contribution in [0.15, 0.2) is 42.5 Å². The van der Waals surface area contributed by atoms with Crippen molar-refractivity contribution in [2.24, 2.45) is 0 Å². The second kappa shape index (κ2) is 5.69. The summed E-state index contributed by atoms with van der Waals surface area (Å²) in [6, 6.07) is 8.65. The van der Waals surface area contributed by atoms with Crippen LogP contribution in [0.3, 0.4) is 0 Å². The molecule has 0 spiro atoms. The first kappa shape index (κ1) is 15.0. The summed E-state index contributed by atoms with van der Waals surface area (Å²) in [7, 11) is 0. The van der Waals surface area contributed by atoms with Crippen molar-refractivity contribution in [2.45, 2.75) is 33.3 Å². The molecule has 102 valence electrons. The minimum atomic E-state index is -0.702. The molecule has 0 aliphatic heterocycles. The van der Waals surface area contributed by atoms with E-state index in [0.29, 0.717) is 5.69 Å². The van der Waals surface area contributed by atoms with E-state index in [1.165, 1.54) is 0 Å². The van der Waals surface area contributed by atoms with Crippen molar-refractivity contribution >= 4 is 17.7 Å². The number of rotatable bonds is 2. The van der Waals surface area contributed by atoms with Crippen molar-refractivity contribution in [2.75, 3.05) is 4.90 Å². The van der Waals surface area contributed by atoms with Gasteiger partial charge in [0.2, 0.25) is 0 Å². The number of hydrogen-bond acceptors (Lipinski definition) is 3. The Morgan fingerprint density at radius 1 is 1.16 bits per heavy atom. The first-order chi connectivity index (χ1) is 8.72. The zero-order valence-electron chi connectivity index (χ0n) is 11.8. The Labute approximate surface area is 113 Å². The molecule has 0 aliphatic carbocycles. The number of nitrogens with zero attached hydrogens (tertiary/aromatic N) is 1. The summed E-state index contributed by atoms with van der Waals surface area (Å²) in [4.78, 5) is 25.2. The Bertz CT molecular complexity index is 486. The van der Waals surface area contributed by atoms with Crippen LogP contribution in [0.1, 0.15) is 27.7 Å². The zero-order chi connectivity index (χ0) is 14.6. The molecule has 0 aliphatic rings. The van der Waals surface area contributed by atoms with Gasteiger partial charge in [-0.1, -0.05) is 24.8 Å². The smallest absolute Gasteiger partial charge is 0.422 e. The quantitative estimate of drug-likeness (QED) is 0.765. The SMILES string of the molecule is C=C(C)C(=O)N(C(=O)OC(C)(C)C)c1ccccc1. The fourth-order valence-electron chi connectivity index (χ4n) is 1.38. The standard InChI is InChI=1S/C15H19NO3/c1-11(2)13(17)16(12-9-7-6-8-10-12)14(18)19-15(3,4)5/h6-10H,1H2,2-5H3. The molecule has 0 saturated carbocycles. The second-order valence-electron chi connectivity index (χ2n) is 5.24. The predicted molar refractivity (Wildman–Crippen MR) is 75.0 cm³/mol. The summed E-state index contributed by atoms with van der Waals surface area (Å²) >= 11 is 0. The van der Waals surface area contributed by atoms with Gasteiger partial charge >= 0.3 is 6.09 Å². The van der Waals surface area contributed by atoms with Crippen LogP contribution in [-0.2, 0) is 9.53 Å². The maximum Gasteiger partial charge on any atom is 0.422 e. The highest BCUT2D eigenvalue weighted by molar-refractivity contribution is 6.18. The number of hydrogen-bond donors (Lipinski definition) is 0. The van der Waals surface area contributed by atoms with Crippen molar-refractivity contribution in [1.29, 1.82) is 0 Å². The molecule has 0 saturated heterocycles. The van der Waals surface area contributed by atoms with Gasteiger partial charge < -0.3 is 4.74 Å². The van der Waals surface area contributed by atoms with Crippen molar-refractivity contribution in [3.8, 4) is 0 Å². The molecule has 0 unspecified atom stereocenters. The van der Waals surface area contributed by atoms with Gasteiger partial charge in [-0.15, -0.1) is 0 Å². The van der Waals surface area contributed by atoms with Crippen LogP contribution in [0.4, 0.5) is 10.5 Å². The molecule has 0 radical (unpaired) electrons. The number of carbonyl (C=O) groups excluding carboxylic acids is 2. The van der Waals surface area contributed by atoms with E-state index in [4.69, 9.17) is 4.74 Å². The molecule has 0 N–H and O–H groups in total. The third kappa shape index (κ3) is 4.25. The van der Waals surface area contributed by atoms with E-state index in [0.717, 1.165) is 4.90 Å². The fraction of sp³-hybridized carbons (Fsp3) is 0.333. The van der Waals surface area contributed by atoms with Crippen LogP contribution in [0.2, 0.25) is 0 Å². The lowest BCUT2D eigenvalue weighted by Gasteiger charge is -2.26. The highest BCUT2D eigenvalue weighted by Gasteiger charge is 2.28. The van der Waals surface area contributed by atoms with Crippen molar-refractivity contribution in [1.82, 2.24) is 0 Å². The molecule has 1 rings (SSSR count). The lowest BCUT2D eigenvalue weighted by atomic mass is 10.2. The first-order valence-corrected chi connectivity index (χ1v) is 6.00. The summed E-state index contributed by atoms with van der Waals surface area (Å²) < 4.78 is 5.25. The number of ether oxygens (including phenoxy) is 1. The molecule has 4 nitrogen and oxygen atoms in total. The molecule has 0 atom stereocenters. The first-order valence-electron chi connectivity index (χ1n) is 6.00. The molecule has 1 aromatic carbocycles. The van der Waals surface area contributed by atoms with Crippen molar-refractivity contribution in [3.63, 3.8) is 0 Å². The van der Waals surface area contributed by atoms with Gasteiger partial charge in [-0.25, -0.2) is 9.69 Å². The Morgan fingerprint density at radius 2 is 1.68 bits per heavy atom. The van der Waals surface area contributed by atoms with Crippen molar-refractivity contribution < 1.29 is 14.3 Å². The van der Waals surface area contributed by atoms with E-state index in [9.17, 15) is 9.59 Å². The summed E-state index contributed by atoms with van der Waals surface area (Å²) in [6.45, 7) is 10.4. The second-order valence-corrected chi connectivity index (χ2v) is 5.24. The topological polar surface area (TPSA) is 46.6 Å². The minimum absolute atomic E-state index is 0.273. The number of imide groups is 1. The van der Waals surface area contributed by atoms with Crippen LogP contribution < -0.4 is 4.90 Å². The lowest BCUT2D eigenvalue weighted by molar-refractivity contribution is -0.114. The average molecular weight is 261 g/mol. The molecule has 1 aromatic rings. The molecule has 0 heterocycles. The molecule has 0 fully saturated rings. The molecule has 0 bridgehead atoms. The summed E-state index contributed by atoms with van der Waals surface area (Å²) in [5.74, 6) is -0.472. The third-order valence-electron chi connectivity index (χ3n) is 2.16. The summed E-state index contributed by atoms with van der Waals surface area (Å²) in [5, 5.41) is 0. The van der Waals surface area contributed by atoms with E-state index in [2.05, 4.69) is 6.58 Å².